The Morgan fingerprint density at radius 2 is 0.558 bits per heavy atom. The van der Waals surface area contributed by atoms with Crippen LogP contribution in [0.15, 0.2) is 117 Å². The lowest BCUT2D eigenvalue weighted by atomic mass is 9.91. The van der Waals surface area contributed by atoms with Crippen molar-refractivity contribution in [3.63, 3.8) is 0 Å². The van der Waals surface area contributed by atoms with Crippen LogP contribution in [0.2, 0.25) is 0 Å². The number of aliphatic imine (C=N–C) groups is 4. The van der Waals surface area contributed by atoms with Gasteiger partial charge in [-0.1, -0.05) is 98.5 Å². The normalized spacial score (nSPS) is 27.1. The van der Waals surface area contributed by atoms with Crippen molar-refractivity contribution >= 4 is 23.6 Å². The largest absolute Gasteiger partial charge is 0.473 e. The maximum atomic E-state index is 5.87. The fourth-order valence-corrected chi connectivity index (χ4v) is 8.13. The van der Waals surface area contributed by atoms with E-state index in [0.29, 0.717) is 26.4 Å². The highest BCUT2D eigenvalue weighted by atomic mass is 16.5. The molecule has 4 unspecified atom stereocenters. The van der Waals surface area contributed by atoms with Crippen molar-refractivity contribution in [2.75, 3.05) is 0 Å². The Morgan fingerprint density at radius 3 is 0.808 bits per heavy atom. The van der Waals surface area contributed by atoms with Crippen molar-refractivity contribution in [3.05, 3.63) is 142 Å². The predicted octanol–water partition coefficient (Wildman–Crippen LogP) is 8.50. The summed E-state index contributed by atoms with van der Waals surface area (Å²) >= 11 is 0. The van der Waals surface area contributed by atoms with Crippen molar-refractivity contribution in [1.29, 1.82) is 0 Å². The molecule has 0 saturated heterocycles. The van der Waals surface area contributed by atoms with Gasteiger partial charge in [-0.3, -0.25) is 0 Å². The number of benzene rings is 4. The van der Waals surface area contributed by atoms with Crippen molar-refractivity contribution in [2.24, 2.45) is 20.0 Å². The van der Waals surface area contributed by atoms with Gasteiger partial charge in [0.05, 0.1) is 24.2 Å². The van der Waals surface area contributed by atoms with Crippen LogP contribution >= 0.6 is 0 Å². The lowest BCUT2D eigenvalue weighted by Gasteiger charge is -2.26. The van der Waals surface area contributed by atoms with E-state index in [-0.39, 0.29) is 24.2 Å². The molecule has 8 nitrogen and oxygen atoms in total. The highest BCUT2D eigenvalue weighted by Crippen LogP contribution is 2.31. The van der Waals surface area contributed by atoms with Gasteiger partial charge in [-0.2, -0.15) is 0 Å². The van der Waals surface area contributed by atoms with Crippen LogP contribution in [-0.2, 0) is 45.4 Å². The third-order valence-corrected chi connectivity index (χ3v) is 11.0. The minimum Gasteiger partial charge on any atom is -0.473 e. The summed E-state index contributed by atoms with van der Waals surface area (Å²) in [5.41, 5.74) is 9.41. The maximum absolute atomic E-state index is 5.87. The second-order valence-electron chi connectivity index (χ2n) is 14.4. The number of hydrogen-bond acceptors (Lipinski definition) is 8. The van der Waals surface area contributed by atoms with E-state index in [9.17, 15) is 0 Å². The molecule has 8 heteroatoms. The van der Waals surface area contributed by atoms with E-state index in [1.807, 2.05) is 24.3 Å². The lowest BCUT2D eigenvalue weighted by molar-refractivity contribution is 0.295. The van der Waals surface area contributed by atoms with Gasteiger partial charge in [0.1, 0.15) is 26.4 Å². The summed E-state index contributed by atoms with van der Waals surface area (Å²) in [5, 5.41) is 0. The molecule has 2 aliphatic carbocycles. The highest BCUT2D eigenvalue weighted by molar-refractivity contribution is 5.99. The topological polar surface area (TPSA) is 86.4 Å². The molecule has 4 heterocycles. The fraction of sp³-hybridized carbons (Fsp3) is 0.364. The third kappa shape index (κ3) is 6.74. The first-order chi connectivity index (χ1) is 25.8. The molecule has 0 amide bonds. The lowest BCUT2D eigenvalue weighted by Crippen LogP contribution is -2.29. The molecule has 2 fully saturated rings. The average molecular weight is 693 g/mol. The molecule has 4 aromatic rings. The molecule has 4 aliphatic heterocycles. The standard InChI is InChI=1S/2C22H22N2O2/c2*1-3-9-17-15(7-1)13-25-21(17)23-19-11-5-6-12-20(19)24-22-18-10-4-2-8-16(18)14-26-22/h2*1-4,7-10,19-20H,5-6,11-14H2. The number of ether oxygens (including phenoxy) is 4. The Balaban J connectivity index is 0.000000138. The van der Waals surface area contributed by atoms with E-state index in [4.69, 9.17) is 38.9 Å². The Bertz CT molecular complexity index is 1770. The summed E-state index contributed by atoms with van der Waals surface area (Å²) in [6.45, 7) is 2.49. The summed E-state index contributed by atoms with van der Waals surface area (Å²) in [7, 11) is 0. The van der Waals surface area contributed by atoms with Gasteiger partial charge >= 0.3 is 0 Å². The fourth-order valence-electron chi connectivity index (χ4n) is 8.13. The van der Waals surface area contributed by atoms with Crippen molar-refractivity contribution in [2.45, 2.75) is 102 Å². The predicted molar refractivity (Wildman–Crippen MR) is 203 cm³/mol. The first-order valence-corrected chi connectivity index (χ1v) is 18.9. The van der Waals surface area contributed by atoms with E-state index in [1.165, 1.54) is 47.9 Å². The minimum absolute atomic E-state index is 0.161. The van der Waals surface area contributed by atoms with Gasteiger partial charge in [0, 0.05) is 44.5 Å². The summed E-state index contributed by atoms with van der Waals surface area (Å²) in [6.07, 6.45) is 9.00. The van der Waals surface area contributed by atoms with Crippen LogP contribution in [-0.4, -0.2) is 47.8 Å². The highest BCUT2D eigenvalue weighted by Gasteiger charge is 2.31. The van der Waals surface area contributed by atoms with Crippen LogP contribution < -0.4 is 0 Å². The molecule has 52 heavy (non-hydrogen) atoms. The Labute approximate surface area is 305 Å². The Hall–Kier alpha value is -5.24. The molecule has 2 saturated carbocycles. The van der Waals surface area contributed by atoms with Crippen LogP contribution in [0.5, 0.6) is 0 Å². The van der Waals surface area contributed by atoms with E-state index in [0.717, 1.165) is 71.5 Å². The molecule has 0 N–H and O–H groups in total. The quantitative estimate of drug-likeness (QED) is 0.215. The maximum Gasteiger partial charge on any atom is 0.217 e. The van der Waals surface area contributed by atoms with Crippen LogP contribution in [0.25, 0.3) is 0 Å². The molecule has 0 spiro atoms. The van der Waals surface area contributed by atoms with Crippen molar-refractivity contribution < 1.29 is 18.9 Å². The van der Waals surface area contributed by atoms with Gasteiger partial charge in [-0.25, -0.2) is 20.0 Å². The Morgan fingerprint density at radius 1 is 0.327 bits per heavy atom. The SMILES string of the molecule is c1ccc2c(c1)COC2=NC1CCCCC1N=C1OCc2ccccc21.c1ccc2c(c1)COC2=NC1CCCCC1N=C1OCc2ccccc21. The first-order valence-electron chi connectivity index (χ1n) is 18.9. The van der Waals surface area contributed by atoms with Gasteiger partial charge < -0.3 is 18.9 Å². The minimum atomic E-state index is 0.161. The summed E-state index contributed by atoms with van der Waals surface area (Å²) in [4.78, 5) is 20.0. The molecule has 0 aromatic heterocycles. The summed E-state index contributed by atoms with van der Waals surface area (Å²) in [6, 6.07) is 33.9. The van der Waals surface area contributed by atoms with Crippen LogP contribution in [0.4, 0.5) is 0 Å². The van der Waals surface area contributed by atoms with Crippen LogP contribution in [0, 0.1) is 0 Å². The zero-order valence-corrected chi connectivity index (χ0v) is 29.5. The molecule has 0 radical (unpaired) electrons. The van der Waals surface area contributed by atoms with Crippen molar-refractivity contribution in [1.82, 2.24) is 0 Å². The number of hydrogen-bond donors (Lipinski definition) is 0. The molecule has 4 atom stereocenters. The molecule has 4 aromatic carbocycles. The first kappa shape index (κ1) is 32.7. The van der Waals surface area contributed by atoms with Gasteiger partial charge in [-0.05, 0) is 49.9 Å². The average Bonchev–Trinajstić information content (AvgIpc) is 4.00. The molecule has 6 aliphatic rings. The van der Waals surface area contributed by atoms with Gasteiger partial charge in [0.15, 0.2) is 0 Å². The van der Waals surface area contributed by atoms with Gasteiger partial charge in [0.2, 0.25) is 23.6 Å². The smallest absolute Gasteiger partial charge is 0.217 e. The van der Waals surface area contributed by atoms with E-state index >= 15 is 0 Å². The molecular weight excluding hydrogens is 649 g/mol. The zero-order valence-electron chi connectivity index (χ0n) is 29.5. The van der Waals surface area contributed by atoms with E-state index in [1.54, 1.807) is 0 Å². The van der Waals surface area contributed by atoms with Crippen LogP contribution in [0.3, 0.4) is 0 Å². The summed E-state index contributed by atoms with van der Waals surface area (Å²) in [5.74, 6) is 3.13. The molecule has 10 rings (SSSR count). The van der Waals surface area contributed by atoms with Crippen LogP contribution in [0.1, 0.15) is 95.9 Å². The monoisotopic (exact) mass is 692 g/mol. The molecule has 0 bridgehead atoms. The van der Waals surface area contributed by atoms with E-state index in [2.05, 4.69) is 72.8 Å². The third-order valence-electron chi connectivity index (χ3n) is 11.0. The molecule has 264 valence electrons. The van der Waals surface area contributed by atoms with Gasteiger partial charge in [-0.15, -0.1) is 0 Å². The van der Waals surface area contributed by atoms with Crippen molar-refractivity contribution in [3.8, 4) is 0 Å². The second-order valence-corrected chi connectivity index (χ2v) is 14.4. The molecular formula is C44H44N4O4. The number of nitrogens with zero attached hydrogens (tertiary/aromatic N) is 4. The Kier molecular flexibility index (Phi) is 9.28. The zero-order chi connectivity index (χ0) is 34.7. The van der Waals surface area contributed by atoms with Gasteiger partial charge in [0.25, 0.3) is 0 Å². The van der Waals surface area contributed by atoms with E-state index < -0.39 is 0 Å². The summed E-state index contributed by atoms with van der Waals surface area (Å²) < 4.78 is 23.5. The second kappa shape index (κ2) is 14.8. The number of rotatable bonds is 4. The number of fused-ring (bicyclic) bond motifs is 4.